The highest BCUT2D eigenvalue weighted by Gasteiger charge is 2.20. The zero-order valence-corrected chi connectivity index (χ0v) is 12.8. The van der Waals surface area contributed by atoms with E-state index < -0.39 is 4.92 Å². The van der Waals surface area contributed by atoms with Crippen LogP contribution in [-0.4, -0.2) is 16.5 Å². The van der Waals surface area contributed by atoms with Gasteiger partial charge in [0, 0.05) is 11.1 Å². The first-order chi connectivity index (χ1) is 10.1. The number of nitro benzene ring substituents is 1. The Labute approximate surface area is 126 Å². The van der Waals surface area contributed by atoms with Gasteiger partial charge < -0.3 is 10.1 Å². The minimum atomic E-state index is -0.416. The van der Waals surface area contributed by atoms with E-state index in [1.54, 1.807) is 35.7 Å². The van der Waals surface area contributed by atoms with Crippen LogP contribution in [0.15, 0.2) is 24.4 Å². The maximum absolute atomic E-state index is 11.3. The summed E-state index contributed by atoms with van der Waals surface area (Å²) >= 11 is 1.56. The van der Waals surface area contributed by atoms with Crippen LogP contribution in [0, 0.1) is 17.0 Å². The van der Waals surface area contributed by atoms with Gasteiger partial charge in [-0.2, -0.15) is 0 Å². The third-order valence-corrected chi connectivity index (χ3v) is 3.66. The number of benzene rings is 1. The van der Waals surface area contributed by atoms with E-state index in [0.29, 0.717) is 24.6 Å². The number of ether oxygens (including phenoxy) is 1. The lowest BCUT2D eigenvalue weighted by Crippen LogP contribution is -2.05. The number of aromatic nitrogens is 1. The van der Waals surface area contributed by atoms with Gasteiger partial charge in [-0.15, -0.1) is 11.3 Å². The standard InChI is InChI=1S/C14H17N3O3S/c1-3-7-20-12-6-4-5-11(14(12)17(18)19)15-9-13-16-8-10(2)21-13/h4-6,8,15H,3,7,9H2,1-2H3. The average molecular weight is 307 g/mol. The van der Waals surface area contributed by atoms with Gasteiger partial charge in [-0.05, 0) is 25.5 Å². The molecule has 0 bridgehead atoms. The second-order valence-electron chi connectivity index (χ2n) is 4.48. The lowest BCUT2D eigenvalue weighted by molar-refractivity contribution is -0.385. The number of para-hydroxylation sites is 1. The van der Waals surface area contributed by atoms with E-state index in [1.165, 1.54) is 0 Å². The normalized spacial score (nSPS) is 10.4. The van der Waals surface area contributed by atoms with Crippen LogP contribution in [0.1, 0.15) is 23.2 Å². The van der Waals surface area contributed by atoms with Crippen LogP contribution >= 0.6 is 11.3 Å². The molecule has 21 heavy (non-hydrogen) atoms. The molecule has 2 aromatic rings. The summed E-state index contributed by atoms with van der Waals surface area (Å²) in [6.07, 6.45) is 2.59. The summed E-state index contributed by atoms with van der Waals surface area (Å²) in [5.74, 6) is 0.294. The second-order valence-corrected chi connectivity index (χ2v) is 5.80. The molecule has 0 aliphatic carbocycles. The fourth-order valence-electron chi connectivity index (χ4n) is 1.84. The monoisotopic (exact) mass is 307 g/mol. The van der Waals surface area contributed by atoms with Crippen molar-refractivity contribution in [2.24, 2.45) is 0 Å². The van der Waals surface area contributed by atoms with Gasteiger partial charge in [0.2, 0.25) is 0 Å². The van der Waals surface area contributed by atoms with Crippen LogP contribution in [0.5, 0.6) is 5.75 Å². The summed E-state index contributed by atoms with van der Waals surface area (Å²) < 4.78 is 5.45. The van der Waals surface area contributed by atoms with Crippen LogP contribution in [0.4, 0.5) is 11.4 Å². The number of hydrogen-bond donors (Lipinski definition) is 1. The van der Waals surface area contributed by atoms with E-state index in [4.69, 9.17) is 4.74 Å². The van der Waals surface area contributed by atoms with Gasteiger partial charge in [-0.25, -0.2) is 4.98 Å². The Bertz CT molecular complexity index is 628. The Morgan fingerprint density at radius 1 is 1.48 bits per heavy atom. The fraction of sp³-hybridized carbons (Fsp3) is 0.357. The van der Waals surface area contributed by atoms with E-state index >= 15 is 0 Å². The van der Waals surface area contributed by atoms with Gasteiger partial charge in [0.25, 0.3) is 0 Å². The maximum Gasteiger partial charge on any atom is 0.333 e. The van der Waals surface area contributed by atoms with Crippen LogP contribution in [0.25, 0.3) is 0 Å². The molecule has 2 rings (SSSR count). The molecule has 7 heteroatoms. The summed E-state index contributed by atoms with van der Waals surface area (Å²) in [6.45, 7) is 4.84. The van der Waals surface area contributed by atoms with Crippen LogP contribution in [-0.2, 0) is 6.54 Å². The van der Waals surface area contributed by atoms with E-state index in [0.717, 1.165) is 16.3 Å². The molecule has 0 fully saturated rings. The van der Waals surface area contributed by atoms with Crippen LogP contribution in [0.2, 0.25) is 0 Å². The number of rotatable bonds is 7. The number of nitrogens with one attached hydrogen (secondary N) is 1. The van der Waals surface area contributed by atoms with E-state index in [-0.39, 0.29) is 5.69 Å². The minimum absolute atomic E-state index is 0.0285. The number of anilines is 1. The number of hydrogen-bond acceptors (Lipinski definition) is 6. The summed E-state index contributed by atoms with van der Waals surface area (Å²) in [4.78, 5) is 16.2. The lowest BCUT2D eigenvalue weighted by atomic mass is 10.2. The van der Waals surface area contributed by atoms with Gasteiger partial charge in [0.05, 0.1) is 18.1 Å². The highest BCUT2D eigenvalue weighted by molar-refractivity contribution is 7.11. The van der Waals surface area contributed by atoms with E-state index in [9.17, 15) is 10.1 Å². The lowest BCUT2D eigenvalue weighted by Gasteiger charge is -2.10. The van der Waals surface area contributed by atoms with Gasteiger partial charge in [-0.1, -0.05) is 13.0 Å². The molecule has 0 saturated heterocycles. The Morgan fingerprint density at radius 2 is 2.29 bits per heavy atom. The molecule has 1 aromatic heterocycles. The van der Waals surface area contributed by atoms with Crippen LogP contribution < -0.4 is 10.1 Å². The van der Waals surface area contributed by atoms with Crippen molar-refractivity contribution < 1.29 is 9.66 Å². The largest absolute Gasteiger partial charge is 0.487 e. The highest BCUT2D eigenvalue weighted by Crippen LogP contribution is 2.35. The smallest absolute Gasteiger partial charge is 0.333 e. The van der Waals surface area contributed by atoms with Crippen molar-refractivity contribution in [3.05, 3.63) is 44.4 Å². The summed E-state index contributed by atoms with van der Waals surface area (Å²) in [7, 11) is 0. The summed E-state index contributed by atoms with van der Waals surface area (Å²) in [5, 5.41) is 15.3. The number of nitro groups is 1. The fourth-order valence-corrected chi connectivity index (χ4v) is 2.56. The quantitative estimate of drug-likeness (QED) is 0.622. The first-order valence-electron chi connectivity index (χ1n) is 6.67. The number of nitrogens with zero attached hydrogens (tertiary/aromatic N) is 2. The molecule has 112 valence electrons. The Hall–Kier alpha value is -2.15. The molecule has 1 N–H and O–H groups in total. The SMILES string of the molecule is CCCOc1cccc(NCc2ncc(C)s2)c1[N+](=O)[O-]. The first kappa shape index (κ1) is 15.2. The molecule has 0 radical (unpaired) electrons. The topological polar surface area (TPSA) is 77.3 Å². The van der Waals surface area contributed by atoms with Crippen molar-refractivity contribution in [2.75, 3.05) is 11.9 Å². The highest BCUT2D eigenvalue weighted by atomic mass is 32.1. The number of aryl methyl sites for hydroxylation is 1. The predicted molar refractivity (Wildman–Crippen MR) is 83.1 cm³/mol. The van der Waals surface area contributed by atoms with Crippen molar-refractivity contribution in [1.82, 2.24) is 4.98 Å². The molecular formula is C14H17N3O3S. The van der Waals surface area contributed by atoms with Gasteiger partial charge in [-0.3, -0.25) is 10.1 Å². The van der Waals surface area contributed by atoms with Gasteiger partial charge >= 0.3 is 5.69 Å². The minimum Gasteiger partial charge on any atom is -0.487 e. The molecule has 0 spiro atoms. The van der Waals surface area contributed by atoms with Crippen molar-refractivity contribution >= 4 is 22.7 Å². The Morgan fingerprint density at radius 3 is 2.90 bits per heavy atom. The molecule has 1 heterocycles. The predicted octanol–water partition coefficient (Wildman–Crippen LogP) is 3.76. The summed E-state index contributed by atoms with van der Waals surface area (Å²) in [6, 6.07) is 5.04. The Balaban J connectivity index is 2.19. The number of thiazole rings is 1. The first-order valence-corrected chi connectivity index (χ1v) is 7.49. The second kappa shape index (κ2) is 7.03. The Kier molecular flexibility index (Phi) is 5.10. The molecule has 0 atom stereocenters. The molecule has 0 saturated carbocycles. The molecule has 1 aromatic carbocycles. The zero-order valence-electron chi connectivity index (χ0n) is 12.0. The molecule has 6 nitrogen and oxygen atoms in total. The van der Waals surface area contributed by atoms with Crippen LogP contribution in [0.3, 0.4) is 0 Å². The van der Waals surface area contributed by atoms with Crippen molar-refractivity contribution in [1.29, 1.82) is 0 Å². The zero-order chi connectivity index (χ0) is 15.2. The molecule has 0 amide bonds. The molecule has 0 aliphatic heterocycles. The van der Waals surface area contributed by atoms with Crippen molar-refractivity contribution in [3.8, 4) is 5.75 Å². The van der Waals surface area contributed by atoms with Crippen molar-refractivity contribution in [3.63, 3.8) is 0 Å². The van der Waals surface area contributed by atoms with E-state index in [1.807, 2.05) is 13.8 Å². The van der Waals surface area contributed by atoms with Gasteiger partial charge in [0.15, 0.2) is 5.75 Å². The third kappa shape index (κ3) is 3.91. The van der Waals surface area contributed by atoms with E-state index in [2.05, 4.69) is 10.3 Å². The average Bonchev–Trinajstić information content (AvgIpc) is 2.88. The molecule has 0 aliphatic rings. The van der Waals surface area contributed by atoms with Gasteiger partial charge in [0.1, 0.15) is 10.7 Å². The molecule has 0 unspecified atom stereocenters. The summed E-state index contributed by atoms with van der Waals surface area (Å²) in [5.41, 5.74) is 0.417. The van der Waals surface area contributed by atoms with Crippen molar-refractivity contribution in [2.45, 2.75) is 26.8 Å². The maximum atomic E-state index is 11.3. The molecular weight excluding hydrogens is 290 g/mol. The third-order valence-electron chi connectivity index (χ3n) is 2.74.